The van der Waals surface area contributed by atoms with Gasteiger partial charge >= 0.3 is 0 Å². The van der Waals surface area contributed by atoms with E-state index in [-0.39, 0.29) is 0 Å². The van der Waals surface area contributed by atoms with Crippen LogP contribution in [-0.2, 0) is 11.4 Å². The molecule has 1 aromatic rings. The number of hydroxylamine groups is 2. The Kier molecular flexibility index (Phi) is 3.46. The number of hydrogen-bond acceptors (Lipinski definition) is 2. The summed E-state index contributed by atoms with van der Waals surface area (Å²) in [6.07, 6.45) is 0. The summed E-state index contributed by atoms with van der Waals surface area (Å²) in [6.45, 7) is 5.09. The Morgan fingerprint density at radius 2 is 1.92 bits per heavy atom. The molecule has 0 aliphatic heterocycles. The van der Waals surface area contributed by atoms with Crippen molar-refractivity contribution in [2.75, 3.05) is 14.2 Å². The van der Waals surface area contributed by atoms with Gasteiger partial charge in [0.05, 0.1) is 7.11 Å². The van der Waals surface area contributed by atoms with Crippen LogP contribution in [0.2, 0.25) is 0 Å². The third kappa shape index (κ3) is 2.83. The molecule has 0 N–H and O–H groups in total. The van der Waals surface area contributed by atoms with Crippen molar-refractivity contribution < 1.29 is 4.84 Å². The van der Waals surface area contributed by atoms with E-state index in [4.69, 9.17) is 4.84 Å². The molecule has 1 aromatic carbocycles. The molecule has 72 valence electrons. The maximum atomic E-state index is 5.06. The Bertz CT molecular complexity index is 283. The first-order chi connectivity index (χ1) is 6.13. The standard InChI is InChI=1S/C11H17NO/c1-9-5-6-11(7-10(9)2)8-12(3)13-4/h5-7H,8H2,1-4H3. The van der Waals surface area contributed by atoms with Crippen LogP contribution in [0, 0.1) is 13.8 Å². The fraction of sp³-hybridized carbons (Fsp3) is 0.455. The van der Waals surface area contributed by atoms with Crippen molar-refractivity contribution in [3.05, 3.63) is 34.9 Å². The number of benzene rings is 1. The van der Waals surface area contributed by atoms with Gasteiger partial charge in [0.15, 0.2) is 0 Å². The molecule has 0 spiro atoms. The Hall–Kier alpha value is -0.860. The Balaban J connectivity index is 2.73. The van der Waals surface area contributed by atoms with Crippen molar-refractivity contribution in [1.29, 1.82) is 0 Å². The van der Waals surface area contributed by atoms with Gasteiger partial charge in [-0.25, -0.2) is 0 Å². The van der Waals surface area contributed by atoms with Crippen molar-refractivity contribution in [2.45, 2.75) is 20.4 Å². The maximum Gasteiger partial charge on any atom is 0.0575 e. The van der Waals surface area contributed by atoms with Gasteiger partial charge in [-0.1, -0.05) is 18.2 Å². The van der Waals surface area contributed by atoms with Gasteiger partial charge in [0.25, 0.3) is 0 Å². The SMILES string of the molecule is CON(C)Cc1ccc(C)c(C)c1. The summed E-state index contributed by atoms with van der Waals surface area (Å²) < 4.78 is 0. The monoisotopic (exact) mass is 179 g/mol. The predicted octanol–water partition coefficient (Wildman–Crippen LogP) is 2.30. The second-order valence-electron chi connectivity index (χ2n) is 3.39. The molecule has 0 saturated carbocycles. The molecule has 0 fully saturated rings. The quantitative estimate of drug-likeness (QED) is 0.660. The summed E-state index contributed by atoms with van der Waals surface area (Å²) >= 11 is 0. The molecular weight excluding hydrogens is 162 g/mol. The fourth-order valence-electron chi connectivity index (χ4n) is 1.22. The second kappa shape index (κ2) is 4.40. The zero-order valence-corrected chi connectivity index (χ0v) is 8.79. The van der Waals surface area contributed by atoms with Crippen LogP contribution in [0.1, 0.15) is 16.7 Å². The van der Waals surface area contributed by atoms with Crippen LogP contribution >= 0.6 is 0 Å². The van der Waals surface area contributed by atoms with Gasteiger partial charge < -0.3 is 4.84 Å². The molecule has 0 radical (unpaired) electrons. The first-order valence-corrected chi connectivity index (χ1v) is 4.45. The molecule has 0 unspecified atom stereocenters. The minimum Gasteiger partial charge on any atom is -0.302 e. The minimum absolute atomic E-state index is 0.831. The highest BCUT2D eigenvalue weighted by atomic mass is 16.7. The van der Waals surface area contributed by atoms with E-state index in [0.717, 1.165) is 6.54 Å². The number of hydrogen-bond donors (Lipinski definition) is 0. The van der Waals surface area contributed by atoms with E-state index in [1.165, 1.54) is 16.7 Å². The lowest BCUT2D eigenvalue weighted by Gasteiger charge is -2.14. The van der Waals surface area contributed by atoms with Crippen molar-refractivity contribution in [1.82, 2.24) is 5.06 Å². The molecule has 0 atom stereocenters. The van der Waals surface area contributed by atoms with Gasteiger partial charge in [0.2, 0.25) is 0 Å². The molecule has 0 bridgehead atoms. The summed E-state index contributed by atoms with van der Waals surface area (Å²) in [5.74, 6) is 0. The number of aryl methyl sites for hydroxylation is 2. The molecule has 1 rings (SSSR count). The van der Waals surface area contributed by atoms with Gasteiger partial charge in [0.1, 0.15) is 0 Å². The summed E-state index contributed by atoms with van der Waals surface area (Å²) in [5, 5.41) is 1.81. The minimum atomic E-state index is 0.831. The summed E-state index contributed by atoms with van der Waals surface area (Å²) in [7, 11) is 3.61. The zero-order valence-electron chi connectivity index (χ0n) is 8.79. The van der Waals surface area contributed by atoms with E-state index in [0.29, 0.717) is 0 Å². The molecule has 0 heterocycles. The van der Waals surface area contributed by atoms with Crippen LogP contribution in [0.15, 0.2) is 18.2 Å². The Morgan fingerprint density at radius 3 is 2.46 bits per heavy atom. The average molecular weight is 179 g/mol. The number of rotatable bonds is 3. The lowest BCUT2D eigenvalue weighted by Crippen LogP contribution is -2.15. The topological polar surface area (TPSA) is 12.5 Å². The maximum absolute atomic E-state index is 5.06. The van der Waals surface area contributed by atoms with Gasteiger partial charge in [-0.05, 0) is 30.5 Å². The highest BCUT2D eigenvalue weighted by molar-refractivity contribution is 5.29. The van der Waals surface area contributed by atoms with Gasteiger partial charge in [-0.3, -0.25) is 0 Å². The van der Waals surface area contributed by atoms with Crippen LogP contribution in [0.25, 0.3) is 0 Å². The lowest BCUT2D eigenvalue weighted by atomic mass is 10.1. The lowest BCUT2D eigenvalue weighted by molar-refractivity contribution is -0.116. The van der Waals surface area contributed by atoms with Gasteiger partial charge in [-0.2, -0.15) is 5.06 Å². The van der Waals surface area contributed by atoms with Crippen LogP contribution in [0.4, 0.5) is 0 Å². The van der Waals surface area contributed by atoms with Gasteiger partial charge in [-0.15, -0.1) is 0 Å². The first-order valence-electron chi connectivity index (χ1n) is 4.45. The molecule has 0 amide bonds. The molecule has 0 aliphatic rings. The second-order valence-corrected chi connectivity index (χ2v) is 3.39. The average Bonchev–Trinajstić information content (AvgIpc) is 2.11. The van der Waals surface area contributed by atoms with Crippen molar-refractivity contribution >= 4 is 0 Å². The predicted molar refractivity (Wildman–Crippen MR) is 54.4 cm³/mol. The van der Waals surface area contributed by atoms with E-state index in [9.17, 15) is 0 Å². The highest BCUT2D eigenvalue weighted by Gasteiger charge is 1.99. The summed E-state index contributed by atoms with van der Waals surface area (Å²) in [5.41, 5.74) is 3.96. The zero-order chi connectivity index (χ0) is 9.84. The van der Waals surface area contributed by atoms with Crippen LogP contribution in [0.5, 0.6) is 0 Å². The van der Waals surface area contributed by atoms with Crippen molar-refractivity contribution in [3.8, 4) is 0 Å². The first kappa shape index (κ1) is 10.2. The third-order valence-corrected chi connectivity index (χ3v) is 2.29. The Morgan fingerprint density at radius 1 is 1.23 bits per heavy atom. The van der Waals surface area contributed by atoms with Crippen molar-refractivity contribution in [2.24, 2.45) is 0 Å². The summed E-state index contributed by atoms with van der Waals surface area (Å²) in [6, 6.07) is 6.48. The van der Waals surface area contributed by atoms with E-state index in [1.54, 1.807) is 7.11 Å². The van der Waals surface area contributed by atoms with Crippen molar-refractivity contribution in [3.63, 3.8) is 0 Å². The van der Waals surface area contributed by atoms with E-state index < -0.39 is 0 Å². The fourth-order valence-corrected chi connectivity index (χ4v) is 1.22. The molecule has 0 aromatic heterocycles. The van der Waals surface area contributed by atoms with Crippen LogP contribution < -0.4 is 0 Å². The number of nitrogens with zero attached hydrogens (tertiary/aromatic N) is 1. The van der Waals surface area contributed by atoms with Crippen LogP contribution in [0.3, 0.4) is 0 Å². The molecule has 2 nitrogen and oxygen atoms in total. The Labute approximate surface area is 80.1 Å². The van der Waals surface area contributed by atoms with E-state index in [2.05, 4.69) is 32.0 Å². The van der Waals surface area contributed by atoms with Gasteiger partial charge in [0, 0.05) is 13.6 Å². The molecule has 13 heavy (non-hydrogen) atoms. The third-order valence-electron chi connectivity index (χ3n) is 2.29. The molecule has 2 heteroatoms. The molecular formula is C11H17NO. The smallest absolute Gasteiger partial charge is 0.0575 e. The van der Waals surface area contributed by atoms with E-state index >= 15 is 0 Å². The highest BCUT2D eigenvalue weighted by Crippen LogP contribution is 2.11. The summed E-state index contributed by atoms with van der Waals surface area (Å²) in [4.78, 5) is 5.06. The van der Waals surface area contributed by atoms with E-state index in [1.807, 2.05) is 12.1 Å². The normalized spacial score (nSPS) is 10.8. The molecule has 0 saturated heterocycles. The molecule has 0 aliphatic carbocycles. The van der Waals surface area contributed by atoms with Crippen LogP contribution in [-0.4, -0.2) is 19.2 Å². The largest absolute Gasteiger partial charge is 0.302 e.